The normalized spacial score (nSPS) is 20.0. The van der Waals surface area contributed by atoms with E-state index >= 15 is 0 Å². The number of anilines is 2. The predicted octanol–water partition coefficient (Wildman–Crippen LogP) is 3.13. The summed E-state index contributed by atoms with van der Waals surface area (Å²) in [7, 11) is 1.47. The fourth-order valence-corrected chi connectivity index (χ4v) is 5.26. The lowest BCUT2D eigenvalue weighted by Crippen LogP contribution is -2.30. The minimum atomic E-state index is -0.391. The van der Waals surface area contributed by atoms with Crippen LogP contribution in [-0.4, -0.2) is 65.8 Å². The van der Waals surface area contributed by atoms with Gasteiger partial charge in [0, 0.05) is 55.3 Å². The number of hydrogen-bond donors (Lipinski definition) is 2. The van der Waals surface area contributed by atoms with Crippen molar-refractivity contribution in [2.24, 2.45) is 5.92 Å². The maximum absolute atomic E-state index is 12.8. The van der Waals surface area contributed by atoms with Crippen molar-refractivity contribution in [3.05, 3.63) is 65.6 Å². The molecule has 2 atom stereocenters. The molecule has 0 unspecified atom stereocenters. The van der Waals surface area contributed by atoms with Gasteiger partial charge in [-0.15, -0.1) is 0 Å². The smallest absolute Gasteiger partial charge is 0.331 e. The van der Waals surface area contributed by atoms with E-state index in [0.717, 1.165) is 29.0 Å². The Morgan fingerprint density at radius 3 is 2.71 bits per heavy atom. The molecule has 0 radical (unpaired) electrons. The summed E-state index contributed by atoms with van der Waals surface area (Å²) in [6.45, 7) is 1.86. The minimum Gasteiger partial charge on any atom is -0.508 e. The van der Waals surface area contributed by atoms with E-state index in [1.165, 1.54) is 24.1 Å². The zero-order chi connectivity index (χ0) is 29.1. The molecule has 4 aromatic rings. The van der Waals surface area contributed by atoms with E-state index in [9.17, 15) is 19.5 Å². The number of aryl methyl sites for hydroxylation is 1. The average Bonchev–Trinajstić information content (AvgIpc) is 3.88. The highest BCUT2D eigenvalue weighted by Crippen LogP contribution is 2.46. The number of carbonyl (C=O) groups is 3. The molecule has 1 aliphatic heterocycles. The Bertz CT molecular complexity index is 1770. The summed E-state index contributed by atoms with van der Waals surface area (Å²) in [5.74, 6) is 0.404. The van der Waals surface area contributed by atoms with Crippen LogP contribution in [0.25, 0.3) is 5.65 Å². The van der Waals surface area contributed by atoms with Crippen molar-refractivity contribution in [1.29, 1.82) is 0 Å². The van der Waals surface area contributed by atoms with Gasteiger partial charge in [-0.1, -0.05) is 0 Å². The van der Waals surface area contributed by atoms with E-state index in [4.69, 9.17) is 4.74 Å². The quantitative estimate of drug-likeness (QED) is 0.305. The molecular formula is C29H28N8O5. The van der Waals surface area contributed by atoms with E-state index < -0.39 is 6.03 Å². The number of nitrogens with one attached hydrogen (secondary N) is 1. The highest BCUT2D eigenvalue weighted by molar-refractivity contribution is 6.13. The first-order chi connectivity index (χ1) is 20.2. The van der Waals surface area contributed by atoms with Gasteiger partial charge in [0.05, 0.1) is 11.4 Å². The number of likely N-dealkylation sites (N-methyl/N-ethyl adjacent to an activating group) is 1. The first-order valence-electron chi connectivity index (χ1n) is 13.8. The Morgan fingerprint density at radius 2 is 1.98 bits per heavy atom. The topological polar surface area (TPSA) is 155 Å². The number of ether oxygens (including phenoxy) is 1. The van der Waals surface area contributed by atoms with Crippen LogP contribution in [0.15, 0.2) is 42.9 Å². The van der Waals surface area contributed by atoms with Gasteiger partial charge in [0.15, 0.2) is 5.65 Å². The number of pyridine rings is 2. The third kappa shape index (κ3) is 4.86. The molecule has 2 saturated carbocycles. The predicted molar refractivity (Wildman–Crippen MR) is 149 cm³/mol. The highest BCUT2D eigenvalue weighted by atomic mass is 16.5. The van der Waals surface area contributed by atoms with Crippen molar-refractivity contribution in [3.63, 3.8) is 0 Å². The Hall–Kier alpha value is -5.07. The standard InChI is InChI=1S/C29H28N8O5/c1-15-5-6-30-26(31-15)20-10-21(20)28(40)34-23-8-19(38)9-24(33-23)42-14-18-12-36-11-17(16-3-4-16)7-22(27(36)32-18)37-13-25(39)35(2)29(37)41/h5-9,11-12,16,20-21H,3-4,10,13-14H2,1-2H3,(H2,33,34,38,40)/t20-,21-/m0/s1. The Labute approximate surface area is 240 Å². The Balaban J connectivity index is 1.07. The summed E-state index contributed by atoms with van der Waals surface area (Å²) in [5.41, 5.74) is 3.59. The number of rotatable bonds is 8. The SMILES string of the molecule is Cc1ccnc([C@H]2C[C@@H]2C(=O)Nc2cc(O)cc(OCc3cn4cc(C5CC5)cc(N5CC(=O)N(C)C5=O)c4n3)n2)n1. The molecule has 3 fully saturated rings. The summed E-state index contributed by atoms with van der Waals surface area (Å²) in [5, 5.41) is 13.0. The lowest BCUT2D eigenvalue weighted by molar-refractivity contribution is -0.124. The Morgan fingerprint density at radius 1 is 1.14 bits per heavy atom. The maximum atomic E-state index is 12.8. The van der Waals surface area contributed by atoms with Gasteiger partial charge in [0.1, 0.15) is 30.5 Å². The van der Waals surface area contributed by atoms with E-state index in [0.29, 0.717) is 35.2 Å². The molecule has 7 rings (SSSR count). The first-order valence-corrected chi connectivity index (χ1v) is 13.8. The number of carbonyl (C=O) groups excluding carboxylic acids is 3. The molecule has 4 amide bonds. The molecule has 5 heterocycles. The van der Waals surface area contributed by atoms with Crippen LogP contribution in [0, 0.1) is 12.8 Å². The molecule has 0 bridgehead atoms. The van der Waals surface area contributed by atoms with E-state index in [1.807, 2.05) is 35.9 Å². The summed E-state index contributed by atoms with van der Waals surface area (Å²) in [4.78, 5) is 58.1. The first kappa shape index (κ1) is 25.9. The van der Waals surface area contributed by atoms with Gasteiger partial charge < -0.3 is 19.6 Å². The van der Waals surface area contributed by atoms with Crippen LogP contribution >= 0.6 is 0 Å². The van der Waals surface area contributed by atoms with Crippen LogP contribution in [0.4, 0.5) is 16.3 Å². The van der Waals surface area contributed by atoms with E-state index in [1.54, 1.807) is 6.20 Å². The van der Waals surface area contributed by atoms with Crippen LogP contribution in [0.3, 0.4) is 0 Å². The third-order valence-electron chi connectivity index (χ3n) is 7.81. The van der Waals surface area contributed by atoms with Crippen LogP contribution in [0.5, 0.6) is 11.6 Å². The van der Waals surface area contributed by atoms with Crippen molar-refractivity contribution in [3.8, 4) is 11.6 Å². The van der Waals surface area contributed by atoms with Crippen LogP contribution in [0.2, 0.25) is 0 Å². The molecule has 13 heteroatoms. The number of imide groups is 1. The number of urea groups is 1. The molecule has 2 N–H and O–H groups in total. The highest BCUT2D eigenvalue weighted by Gasteiger charge is 2.46. The average molecular weight is 569 g/mol. The second-order valence-electron chi connectivity index (χ2n) is 11.0. The molecule has 42 heavy (non-hydrogen) atoms. The number of imidazole rings is 1. The molecule has 1 saturated heterocycles. The number of hydrogen-bond acceptors (Lipinski definition) is 9. The number of amides is 4. The monoisotopic (exact) mass is 568 g/mol. The summed E-state index contributed by atoms with van der Waals surface area (Å²) < 4.78 is 7.70. The molecule has 13 nitrogen and oxygen atoms in total. The fraction of sp³-hybridized carbons (Fsp3) is 0.345. The number of aromatic nitrogens is 5. The number of nitrogens with zero attached hydrogens (tertiary/aromatic N) is 7. The van der Waals surface area contributed by atoms with Gasteiger partial charge in [0.2, 0.25) is 17.7 Å². The summed E-state index contributed by atoms with van der Waals surface area (Å²) in [6, 6.07) is 6.07. The molecule has 0 aromatic carbocycles. The summed E-state index contributed by atoms with van der Waals surface area (Å²) in [6.07, 6.45) is 8.28. The molecule has 3 aliphatic rings. The molecule has 214 valence electrons. The van der Waals surface area contributed by atoms with Crippen LogP contribution in [0.1, 0.15) is 53.9 Å². The summed E-state index contributed by atoms with van der Waals surface area (Å²) >= 11 is 0. The van der Waals surface area contributed by atoms with Crippen LogP contribution in [-0.2, 0) is 16.2 Å². The fourth-order valence-electron chi connectivity index (χ4n) is 5.26. The van der Waals surface area contributed by atoms with Crippen LogP contribution < -0.4 is 15.0 Å². The van der Waals surface area contributed by atoms with E-state index in [2.05, 4.69) is 25.3 Å². The lowest BCUT2D eigenvalue weighted by Gasteiger charge is -2.17. The second-order valence-corrected chi connectivity index (χ2v) is 11.0. The molecule has 4 aromatic heterocycles. The van der Waals surface area contributed by atoms with Gasteiger partial charge in [-0.05, 0) is 49.8 Å². The zero-order valence-electron chi connectivity index (χ0n) is 23.0. The molecule has 0 spiro atoms. The van der Waals surface area contributed by atoms with Gasteiger partial charge in [-0.25, -0.2) is 19.7 Å². The largest absolute Gasteiger partial charge is 0.508 e. The van der Waals surface area contributed by atoms with Crippen molar-refractivity contribution in [1.82, 2.24) is 29.2 Å². The number of aromatic hydroxyl groups is 1. The van der Waals surface area contributed by atoms with E-state index in [-0.39, 0.29) is 54.2 Å². The van der Waals surface area contributed by atoms with Crippen molar-refractivity contribution in [2.75, 3.05) is 23.8 Å². The van der Waals surface area contributed by atoms with Crippen molar-refractivity contribution < 1.29 is 24.2 Å². The number of fused-ring (bicyclic) bond motifs is 1. The van der Waals surface area contributed by atoms with Crippen molar-refractivity contribution in [2.45, 2.75) is 44.6 Å². The molecular weight excluding hydrogens is 540 g/mol. The third-order valence-corrected chi connectivity index (χ3v) is 7.81. The Kier molecular flexibility index (Phi) is 6.03. The maximum Gasteiger partial charge on any atom is 0.331 e. The zero-order valence-corrected chi connectivity index (χ0v) is 23.0. The van der Waals surface area contributed by atoms with Crippen molar-refractivity contribution >= 4 is 35.0 Å². The van der Waals surface area contributed by atoms with Gasteiger partial charge in [-0.3, -0.25) is 19.4 Å². The molecule has 2 aliphatic carbocycles. The second kappa shape index (κ2) is 9.79. The lowest BCUT2D eigenvalue weighted by atomic mass is 10.1. The van der Waals surface area contributed by atoms with Gasteiger partial charge in [-0.2, -0.15) is 4.98 Å². The van der Waals surface area contributed by atoms with Gasteiger partial charge in [0.25, 0.3) is 0 Å². The minimum absolute atomic E-state index is 0.0197. The van der Waals surface area contributed by atoms with Gasteiger partial charge >= 0.3 is 6.03 Å².